The first-order valence-electron chi connectivity index (χ1n) is 5.89. The van der Waals surface area contributed by atoms with E-state index in [1.54, 1.807) is 26.0 Å². The first kappa shape index (κ1) is 14.5. The number of allylic oxidation sites excluding steroid dienone is 1. The van der Waals surface area contributed by atoms with E-state index in [0.717, 1.165) is 0 Å². The molecule has 18 heavy (non-hydrogen) atoms. The van der Waals surface area contributed by atoms with Crippen molar-refractivity contribution in [2.75, 3.05) is 0 Å². The molecule has 1 aliphatic rings. The zero-order valence-corrected chi connectivity index (χ0v) is 11.3. The van der Waals surface area contributed by atoms with Crippen LogP contribution in [-0.2, 0) is 14.3 Å². The normalized spacial score (nSPS) is 25.8. The summed E-state index contributed by atoms with van der Waals surface area (Å²) in [5.74, 6) is -1.84. The monoisotopic (exact) mass is 252 g/mol. The van der Waals surface area contributed by atoms with Gasteiger partial charge in [0, 0.05) is 6.08 Å². The molecular formula is C14H20O4. The van der Waals surface area contributed by atoms with Gasteiger partial charge < -0.3 is 9.84 Å². The number of carboxylic acid groups (broad SMARTS) is 1. The van der Waals surface area contributed by atoms with E-state index in [9.17, 15) is 9.59 Å². The van der Waals surface area contributed by atoms with Crippen LogP contribution in [0.3, 0.4) is 0 Å². The van der Waals surface area contributed by atoms with E-state index in [0.29, 0.717) is 0 Å². The molecule has 2 atom stereocenters. The summed E-state index contributed by atoms with van der Waals surface area (Å²) in [6.07, 6.45) is 4.47. The fourth-order valence-electron chi connectivity index (χ4n) is 2.03. The molecule has 2 unspecified atom stereocenters. The third-order valence-corrected chi connectivity index (χ3v) is 3.47. The number of carbonyl (C=O) groups is 2. The Morgan fingerprint density at radius 1 is 1.39 bits per heavy atom. The van der Waals surface area contributed by atoms with Crippen molar-refractivity contribution in [2.45, 2.75) is 33.3 Å². The minimum Gasteiger partial charge on any atom is -0.481 e. The Bertz CT molecular complexity index is 404. The zero-order chi connectivity index (χ0) is 14.1. The van der Waals surface area contributed by atoms with Gasteiger partial charge >= 0.3 is 11.9 Å². The number of hydrogen-bond donors (Lipinski definition) is 1. The predicted molar refractivity (Wildman–Crippen MR) is 67.9 cm³/mol. The van der Waals surface area contributed by atoms with Gasteiger partial charge in [-0.3, -0.25) is 4.79 Å². The van der Waals surface area contributed by atoms with Crippen LogP contribution in [0, 0.1) is 17.3 Å². The van der Waals surface area contributed by atoms with Gasteiger partial charge in [-0.05, 0) is 31.3 Å². The van der Waals surface area contributed by atoms with Crippen LogP contribution < -0.4 is 0 Å². The van der Waals surface area contributed by atoms with Gasteiger partial charge in [-0.25, -0.2) is 4.79 Å². The number of aliphatic carboxylic acids is 1. The molecule has 0 bridgehead atoms. The number of carboxylic acids is 1. The molecule has 0 heterocycles. The third-order valence-electron chi connectivity index (χ3n) is 3.47. The van der Waals surface area contributed by atoms with Gasteiger partial charge in [-0.15, -0.1) is 0 Å². The topological polar surface area (TPSA) is 63.6 Å². The molecule has 0 radical (unpaired) electrons. The Labute approximate surface area is 107 Å². The first-order valence-corrected chi connectivity index (χ1v) is 5.89. The van der Waals surface area contributed by atoms with Crippen LogP contribution in [0.5, 0.6) is 0 Å². The summed E-state index contributed by atoms with van der Waals surface area (Å²) in [4.78, 5) is 22.5. The zero-order valence-electron chi connectivity index (χ0n) is 11.3. The van der Waals surface area contributed by atoms with E-state index in [1.165, 1.54) is 6.08 Å². The van der Waals surface area contributed by atoms with Crippen LogP contribution in [0.4, 0.5) is 0 Å². The summed E-state index contributed by atoms with van der Waals surface area (Å²) in [5, 5.41) is 8.99. The summed E-state index contributed by atoms with van der Waals surface area (Å²) in [5.41, 5.74) is -1.01. The number of ether oxygens (including phenoxy) is 1. The van der Waals surface area contributed by atoms with Gasteiger partial charge in [0.2, 0.25) is 0 Å². The lowest BCUT2D eigenvalue weighted by Crippen LogP contribution is -2.24. The Morgan fingerprint density at radius 2 is 1.94 bits per heavy atom. The second-order valence-corrected chi connectivity index (χ2v) is 5.75. The number of rotatable bonds is 5. The highest BCUT2D eigenvalue weighted by molar-refractivity contribution is 5.83. The van der Waals surface area contributed by atoms with Gasteiger partial charge in [0.05, 0.1) is 5.92 Å². The van der Waals surface area contributed by atoms with Crippen LogP contribution >= 0.6 is 0 Å². The summed E-state index contributed by atoms with van der Waals surface area (Å²) in [6, 6.07) is 0. The average molecular weight is 252 g/mol. The van der Waals surface area contributed by atoms with E-state index < -0.39 is 23.5 Å². The fourth-order valence-corrected chi connectivity index (χ4v) is 2.03. The van der Waals surface area contributed by atoms with Crippen molar-refractivity contribution in [2.24, 2.45) is 17.3 Å². The fraction of sp³-hybridized carbons (Fsp3) is 0.571. The molecule has 0 aliphatic heterocycles. The maximum Gasteiger partial charge on any atom is 0.331 e. The molecule has 0 aromatic carbocycles. The number of esters is 1. The first-order chi connectivity index (χ1) is 8.12. The highest BCUT2D eigenvalue weighted by Crippen LogP contribution is 2.59. The maximum atomic E-state index is 11.5. The van der Waals surface area contributed by atoms with Crippen LogP contribution in [0.25, 0.3) is 0 Å². The Hall–Kier alpha value is -1.58. The van der Waals surface area contributed by atoms with E-state index in [1.807, 2.05) is 13.8 Å². The summed E-state index contributed by atoms with van der Waals surface area (Å²) >= 11 is 0. The molecular weight excluding hydrogens is 232 g/mol. The molecule has 1 rings (SSSR count). The molecule has 1 fully saturated rings. The van der Waals surface area contributed by atoms with Crippen molar-refractivity contribution < 1.29 is 19.4 Å². The lowest BCUT2D eigenvalue weighted by molar-refractivity contribution is -0.146. The molecule has 0 amide bonds. The van der Waals surface area contributed by atoms with E-state index >= 15 is 0 Å². The molecule has 1 N–H and O–H groups in total. The minimum atomic E-state index is -0.825. The third kappa shape index (κ3) is 3.00. The molecule has 1 saturated carbocycles. The molecule has 1 aliphatic carbocycles. The molecule has 0 spiro atoms. The second kappa shape index (κ2) is 4.59. The van der Waals surface area contributed by atoms with Gasteiger partial charge in [-0.1, -0.05) is 26.5 Å². The quantitative estimate of drug-likeness (QED) is 0.463. The van der Waals surface area contributed by atoms with Crippen molar-refractivity contribution in [3.8, 4) is 0 Å². The van der Waals surface area contributed by atoms with Crippen LogP contribution in [0.15, 0.2) is 24.8 Å². The summed E-state index contributed by atoms with van der Waals surface area (Å²) < 4.78 is 5.14. The molecule has 100 valence electrons. The minimum absolute atomic E-state index is 0.116. The van der Waals surface area contributed by atoms with Crippen molar-refractivity contribution in [3.63, 3.8) is 0 Å². The van der Waals surface area contributed by atoms with Gasteiger partial charge in [0.25, 0.3) is 0 Å². The lowest BCUT2D eigenvalue weighted by Gasteiger charge is -2.19. The smallest absolute Gasteiger partial charge is 0.331 e. The predicted octanol–water partition coefficient (Wildman–Crippen LogP) is 2.41. The SMILES string of the molecule is C=CC(C)(C)OC(=O)C=CC1C(C(=O)O)C1(C)C. The van der Waals surface area contributed by atoms with Crippen molar-refractivity contribution in [1.82, 2.24) is 0 Å². The van der Waals surface area contributed by atoms with E-state index in [4.69, 9.17) is 9.84 Å². The molecule has 0 aromatic heterocycles. The molecule has 0 aromatic rings. The number of hydrogen-bond acceptors (Lipinski definition) is 3. The standard InChI is InChI=1S/C14H20O4/c1-6-13(2,3)18-10(15)8-7-9-11(12(16)17)14(9,4)5/h6-9,11H,1H2,2-5H3,(H,16,17). The summed E-state index contributed by atoms with van der Waals surface area (Å²) in [6.45, 7) is 10.8. The largest absolute Gasteiger partial charge is 0.481 e. The van der Waals surface area contributed by atoms with Crippen LogP contribution in [-0.4, -0.2) is 22.6 Å². The molecule has 4 heteroatoms. The van der Waals surface area contributed by atoms with Gasteiger partial charge in [0.15, 0.2) is 0 Å². The highest BCUT2D eigenvalue weighted by Gasteiger charge is 2.60. The van der Waals surface area contributed by atoms with Gasteiger partial charge in [-0.2, -0.15) is 0 Å². The molecule has 4 nitrogen and oxygen atoms in total. The van der Waals surface area contributed by atoms with E-state index in [-0.39, 0.29) is 11.3 Å². The van der Waals surface area contributed by atoms with E-state index in [2.05, 4.69) is 6.58 Å². The Balaban J connectivity index is 2.59. The van der Waals surface area contributed by atoms with Crippen molar-refractivity contribution in [1.29, 1.82) is 0 Å². The van der Waals surface area contributed by atoms with Crippen LogP contribution in [0.1, 0.15) is 27.7 Å². The van der Waals surface area contributed by atoms with Gasteiger partial charge in [0.1, 0.15) is 5.60 Å². The molecule has 0 saturated heterocycles. The maximum absolute atomic E-state index is 11.5. The van der Waals surface area contributed by atoms with Crippen molar-refractivity contribution >= 4 is 11.9 Å². The van der Waals surface area contributed by atoms with Crippen LogP contribution in [0.2, 0.25) is 0 Å². The highest BCUT2D eigenvalue weighted by atomic mass is 16.6. The lowest BCUT2D eigenvalue weighted by atomic mass is 10.1. The number of carbonyl (C=O) groups excluding carboxylic acids is 1. The second-order valence-electron chi connectivity index (χ2n) is 5.75. The Kier molecular flexibility index (Phi) is 3.70. The van der Waals surface area contributed by atoms with Crippen molar-refractivity contribution in [3.05, 3.63) is 24.8 Å². The Morgan fingerprint density at radius 3 is 2.33 bits per heavy atom. The summed E-state index contributed by atoms with van der Waals surface area (Å²) in [7, 11) is 0. The average Bonchev–Trinajstić information content (AvgIpc) is 2.77.